The predicted molar refractivity (Wildman–Crippen MR) is 102 cm³/mol. The first kappa shape index (κ1) is 17.9. The Kier molecular flexibility index (Phi) is 4.59. The Balaban J connectivity index is 1.45. The van der Waals surface area contributed by atoms with Crippen molar-refractivity contribution in [2.75, 3.05) is 30.0 Å². The molecule has 8 heteroatoms. The van der Waals surface area contributed by atoms with Crippen molar-refractivity contribution in [3.8, 4) is 0 Å². The Hall–Kier alpha value is -2.48. The Morgan fingerprint density at radius 1 is 1.19 bits per heavy atom. The second kappa shape index (κ2) is 6.92. The van der Waals surface area contributed by atoms with Crippen LogP contribution in [-0.2, 0) is 22.8 Å². The standard InChI is InChI=1S/C19H22N4O3S/c1-22(17-7-9-27(25,26)13-17)19-20-10-16(11-21-19)18(24)23-8-6-14-4-2-3-5-15(14)12-23/h2-5,10-11,17H,6-9,12-13H2,1H3. The summed E-state index contributed by atoms with van der Waals surface area (Å²) in [5.41, 5.74) is 2.92. The normalized spacial score (nSPS) is 20.9. The van der Waals surface area contributed by atoms with Gasteiger partial charge in [-0.2, -0.15) is 0 Å². The van der Waals surface area contributed by atoms with Crippen LogP contribution in [0, 0.1) is 0 Å². The van der Waals surface area contributed by atoms with E-state index in [9.17, 15) is 13.2 Å². The van der Waals surface area contributed by atoms with Gasteiger partial charge in [-0.3, -0.25) is 4.79 Å². The van der Waals surface area contributed by atoms with Crippen molar-refractivity contribution in [1.82, 2.24) is 14.9 Å². The Morgan fingerprint density at radius 2 is 1.89 bits per heavy atom. The largest absolute Gasteiger partial charge is 0.340 e. The van der Waals surface area contributed by atoms with Crippen molar-refractivity contribution in [3.63, 3.8) is 0 Å². The number of carbonyl (C=O) groups is 1. The number of nitrogens with zero attached hydrogens (tertiary/aromatic N) is 4. The number of anilines is 1. The van der Waals surface area contributed by atoms with E-state index in [2.05, 4.69) is 22.1 Å². The van der Waals surface area contributed by atoms with Gasteiger partial charge in [-0.15, -0.1) is 0 Å². The van der Waals surface area contributed by atoms with Crippen LogP contribution in [0.5, 0.6) is 0 Å². The lowest BCUT2D eigenvalue weighted by Gasteiger charge is -2.29. The minimum absolute atomic E-state index is 0.0813. The van der Waals surface area contributed by atoms with E-state index in [0.717, 1.165) is 6.42 Å². The second-order valence-corrected chi connectivity index (χ2v) is 9.41. The Labute approximate surface area is 159 Å². The smallest absolute Gasteiger partial charge is 0.257 e. The summed E-state index contributed by atoms with van der Waals surface area (Å²) in [6.07, 6.45) is 4.49. The molecule has 2 aliphatic heterocycles. The van der Waals surface area contributed by atoms with Gasteiger partial charge in [0.15, 0.2) is 9.84 Å². The van der Waals surface area contributed by atoms with E-state index in [-0.39, 0.29) is 23.5 Å². The summed E-state index contributed by atoms with van der Waals surface area (Å²) >= 11 is 0. The molecule has 0 spiro atoms. The average Bonchev–Trinajstić information content (AvgIpc) is 3.06. The van der Waals surface area contributed by atoms with Crippen LogP contribution in [0.4, 0.5) is 5.95 Å². The summed E-state index contributed by atoms with van der Waals surface area (Å²) in [4.78, 5) is 25.0. The van der Waals surface area contributed by atoms with E-state index >= 15 is 0 Å². The molecule has 27 heavy (non-hydrogen) atoms. The van der Waals surface area contributed by atoms with Gasteiger partial charge >= 0.3 is 0 Å². The molecule has 0 saturated carbocycles. The lowest BCUT2D eigenvalue weighted by Crippen LogP contribution is -2.36. The van der Waals surface area contributed by atoms with Crippen molar-refractivity contribution < 1.29 is 13.2 Å². The number of rotatable bonds is 3. The molecule has 1 atom stereocenters. The van der Waals surface area contributed by atoms with E-state index in [0.29, 0.717) is 31.0 Å². The maximum absolute atomic E-state index is 12.8. The third-order valence-electron chi connectivity index (χ3n) is 5.37. The topological polar surface area (TPSA) is 83.5 Å². The van der Waals surface area contributed by atoms with Crippen LogP contribution in [0.25, 0.3) is 0 Å². The van der Waals surface area contributed by atoms with E-state index in [1.807, 2.05) is 17.0 Å². The van der Waals surface area contributed by atoms with Crippen LogP contribution in [0.2, 0.25) is 0 Å². The number of amides is 1. The average molecular weight is 386 g/mol. The first-order valence-corrected chi connectivity index (χ1v) is 10.9. The summed E-state index contributed by atoms with van der Waals surface area (Å²) in [5.74, 6) is 0.690. The van der Waals surface area contributed by atoms with Crippen molar-refractivity contribution in [2.24, 2.45) is 0 Å². The fourth-order valence-corrected chi connectivity index (χ4v) is 5.48. The van der Waals surface area contributed by atoms with Crippen molar-refractivity contribution in [3.05, 3.63) is 53.3 Å². The van der Waals surface area contributed by atoms with Gasteiger partial charge in [0.25, 0.3) is 5.91 Å². The quantitative estimate of drug-likeness (QED) is 0.791. The number of benzene rings is 1. The van der Waals surface area contributed by atoms with Gasteiger partial charge < -0.3 is 9.80 Å². The maximum atomic E-state index is 12.8. The Bertz CT molecular complexity index is 959. The molecule has 2 aliphatic rings. The molecule has 7 nitrogen and oxygen atoms in total. The molecule has 1 aromatic heterocycles. The third kappa shape index (κ3) is 3.66. The molecule has 0 N–H and O–H groups in total. The van der Waals surface area contributed by atoms with Crippen LogP contribution in [0.3, 0.4) is 0 Å². The van der Waals surface area contributed by atoms with Crippen LogP contribution < -0.4 is 4.90 Å². The van der Waals surface area contributed by atoms with Crippen molar-refractivity contribution >= 4 is 21.7 Å². The molecule has 1 aromatic carbocycles. The zero-order valence-corrected chi connectivity index (χ0v) is 16.0. The van der Waals surface area contributed by atoms with Gasteiger partial charge in [0.05, 0.1) is 17.1 Å². The van der Waals surface area contributed by atoms with Crippen LogP contribution in [-0.4, -0.2) is 60.3 Å². The summed E-state index contributed by atoms with van der Waals surface area (Å²) in [5, 5.41) is 0. The number of sulfone groups is 1. The van der Waals surface area contributed by atoms with Crippen LogP contribution in [0.1, 0.15) is 27.9 Å². The number of hydrogen-bond acceptors (Lipinski definition) is 6. The summed E-state index contributed by atoms with van der Waals surface area (Å²) < 4.78 is 23.3. The number of aromatic nitrogens is 2. The first-order chi connectivity index (χ1) is 12.9. The highest BCUT2D eigenvalue weighted by Gasteiger charge is 2.32. The summed E-state index contributed by atoms with van der Waals surface area (Å²) in [7, 11) is -1.17. The highest BCUT2D eigenvalue weighted by molar-refractivity contribution is 7.91. The molecule has 1 unspecified atom stereocenters. The van der Waals surface area contributed by atoms with Crippen LogP contribution in [0.15, 0.2) is 36.7 Å². The Morgan fingerprint density at radius 3 is 2.56 bits per heavy atom. The lowest BCUT2D eigenvalue weighted by molar-refractivity contribution is 0.0734. The minimum Gasteiger partial charge on any atom is -0.340 e. The van der Waals surface area contributed by atoms with Gasteiger partial charge in [-0.05, 0) is 24.0 Å². The fraction of sp³-hybridized carbons (Fsp3) is 0.421. The molecule has 0 aliphatic carbocycles. The van der Waals surface area contributed by atoms with E-state index in [1.54, 1.807) is 11.9 Å². The molecule has 3 heterocycles. The lowest BCUT2D eigenvalue weighted by atomic mass is 9.99. The van der Waals surface area contributed by atoms with Crippen molar-refractivity contribution in [2.45, 2.75) is 25.4 Å². The van der Waals surface area contributed by atoms with E-state index in [1.165, 1.54) is 23.5 Å². The highest BCUT2D eigenvalue weighted by atomic mass is 32.2. The van der Waals surface area contributed by atoms with Gasteiger partial charge in [0.2, 0.25) is 5.95 Å². The highest BCUT2D eigenvalue weighted by Crippen LogP contribution is 2.22. The predicted octanol–water partition coefficient (Wildman–Crippen LogP) is 1.30. The van der Waals surface area contributed by atoms with Gasteiger partial charge in [-0.1, -0.05) is 24.3 Å². The number of hydrogen-bond donors (Lipinski definition) is 0. The molecule has 1 saturated heterocycles. The zero-order valence-electron chi connectivity index (χ0n) is 15.2. The molecule has 0 bridgehead atoms. The first-order valence-electron chi connectivity index (χ1n) is 9.04. The van der Waals surface area contributed by atoms with E-state index < -0.39 is 9.84 Å². The molecule has 2 aromatic rings. The van der Waals surface area contributed by atoms with E-state index in [4.69, 9.17) is 0 Å². The summed E-state index contributed by atoms with van der Waals surface area (Å²) in [6, 6.07) is 8.06. The number of carbonyl (C=O) groups excluding carboxylic acids is 1. The number of fused-ring (bicyclic) bond motifs is 1. The minimum atomic E-state index is -2.97. The molecule has 1 amide bonds. The monoisotopic (exact) mass is 386 g/mol. The maximum Gasteiger partial charge on any atom is 0.257 e. The molecule has 0 radical (unpaired) electrons. The molecular weight excluding hydrogens is 364 g/mol. The van der Waals surface area contributed by atoms with Crippen molar-refractivity contribution in [1.29, 1.82) is 0 Å². The SMILES string of the molecule is CN(c1ncc(C(=O)N2CCc3ccccc3C2)cn1)C1CCS(=O)(=O)C1. The molecule has 4 rings (SSSR count). The summed E-state index contributed by atoms with van der Waals surface area (Å²) in [6.45, 7) is 1.27. The van der Waals surface area contributed by atoms with Crippen LogP contribution >= 0.6 is 0 Å². The zero-order chi connectivity index (χ0) is 19.0. The molecular formula is C19H22N4O3S. The fourth-order valence-electron chi connectivity index (χ4n) is 3.71. The van der Waals surface area contributed by atoms with Gasteiger partial charge in [0, 0.05) is 38.6 Å². The molecule has 1 fully saturated rings. The second-order valence-electron chi connectivity index (χ2n) is 7.18. The molecule has 142 valence electrons. The van der Waals surface area contributed by atoms with Gasteiger partial charge in [0.1, 0.15) is 0 Å². The third-order valence-corrected chi connectivity index (χ3v) is 7.12. The van der Waals surface area contributed by atoms with Gasteiger partial charge in [-0.25, -0.2) is 18.4 Å².